The van der Waals surface area contributed by atoms with Crippen molar-refractivity contribution in [2.75, 3.05) is 19.6 Å². The average molecular weight is 185 g/mol. The predicted molar refractivity (Wildman–Crippen MR) is 47.0 cm³/mol. The molecule has 0 spiro atoms. The van der Waals surface area contributed by atoms with E-state index in [-0.39, 0.29) is 24.8 Å². The van der Waals surface area contributed by atoms with Crippen molar-refractivity contribution in [3.05, 3.63) is 0 Å². The molecule has 0 saturated carbocycles. The molecule has 4 heteroatoms. The van der Waals surface area contributed by atoms with Crippen LogP contribution in [0.25, 0.3) is 0 Å². The van der Waals surface area contributed by atoms with Gasteiger partial charge in [0, 0.05) is 19.1 Å². The fourth-order valence-electron chi connectivity index (χ4n) is 1.83. The number of halogens is 2. The van der Waals surface area contributed by atoms with E-state index in [1.807, 2.05) is 0 Å². The lowest BCUT2D eigenvalue weighted by Gasteiger charge is -2.16. The molecule has 1 unspecified atom stereocenters. The molecule has 10 heavy (non-hydrogen) atoms. The number of hydrogen-bond donors (Lipinski definition) is 1. The topological polar surface area (TPSA) is 29.3 Å². The summed E-state index contributed by atoms with van der Waals surface area (Å²) in [6.45, 7) is 3.74. The second-order valence-electron chi connectivity index (χ2n) is 2.97. The molecular weight excluding hydrogens is 171 g/mol. The van der Waals surface area contributed by atoms with Crippen LogP contribution >= 0.6 is 24.8 Å². The van der Waals surface area contributed by atoms with Crippen molar-refractivity contribution in [1.82, 2.24) is 4.90 Å². The normalized spacial score (nSPS) is 42.3. The lowest BCUT2D eigenvalue weighted by atomic mass is 10.0. The van der Waals surface area contributed by atoms with Gasteiger partial charge in [-0.3, -0.25) is 0 Å². The van der Waals surface area contributed by atoms with Gasteiger partial charge in [0.15, 0.2) is 0 Å². The van der Waals surface area contributed by atoms with Crippen molar-refractivity contribution in [3.8, 4) is 0 Å². The van der Waals surface area contributed by atoms with Gasteiger partial charge in [-0.25, -0.2) is 0 Å². The maximum absolute atomic E-state index is 5.78. The molecule has 3 atom stereocenters. The molecule has 2 saturated heterocycles. The monoisotopic (exact) mass is 184 g/mol. The summed E-state index contributed by atoms with van der Waals surface area (Å²) in [5.41, 5.74) is 5.78. The molecule has 62 valence electrons. The van der Waals surface area contributed by atoms with Gasteiger partial charge in [-0.1, -0.05) is 0 Å². The summed E-state index contributed by atoms with van der Waals surface area (Å²) in [7, 11) is 0. The summed E-state index contributed by atoms with van der Waals surface area (Å²) in [6.07, 6.45) is 1.35. The van der Waals surface area contributed by atoms with E-state index in [9.17, 15) is 0 Å². The third kappa shape index (κ3) is 1.56. The predicted octanol–water partition coefficient (Wildman–Crippen LogP) is 0.493. The smallest absolute Gasteiger partial charge is 0.0209 e. The van der Waals surface area contributed by atoms with E-state index in [1.165, 1.54) is 19.5 Å². The molecular formula is C6H14Cl2N2. The Labute approximate surface area is 74.0 Å². The second kappa shape index (κ2) is 3.77. The minimum Gasteiger partial charge on any atom is -0.326 e. The van der Waals surface area contributed by atoms with Crippen LogP contribution in [0.5, 0.6) is 0 Å². The molecule has 2 nitrogen and oxygen atoms in total. The molecule has 0 aromatic rings. The van der Waals surface area contributed by atoms with Crippen LogP contribution in [0.3, 0.4) is 0 Å². The van der Waals surface area contributed by atoms with Crippen LogP contribution in [0.1, 0.15) is 6.42 Å². The Morgan fingerprint density at radius 3 is 2.10 bits per heavy atom. The first-order valence-corrected chi connectivity index (χ1v) is 3.34. The minimum absolute atomic E-state index is 0. The molecule has 0 aromatic heterocycles. The van der Waals surface area contributed by atoms with Gasteiger partial charge in [-0.05, 0) is 18.9 Å². The van der Waals surface area contributed by atoms with Crippen LogP contribution in [0, 0.1) is 5.92 Å². The van der Waals surface area contributed by atoms with Gasteiger partial charge >= 0.3 is 0 Å². The molecule has 0 aliphatic carbocycles. The molecule has 2 aliphatic heterocycles. The van der Waals surface area contributed by atoms with Crippen LogP contribution in [0.15, 0.2) is 0 Å². The molecule has 2 N–H and O–H groups in total. The zero-order valence-corrected chi connectivity index (χ0v) is 7.46. The van der Waals surface area contributed by atoms with Crippen molar-refractivity contribution in [1.29, 1.82) is 0 Å². The average Bonchev–Trinajstić information content (AvgIpc) is 2.23. The molecule has 0 radical (unpaired) electrons. The standard InChI is InChI=1S/C6H12N2.2ClH/c7-6-4-8-2-1-5(6)3-8;;/h5-6H,1-4,7H2;2*1H/t5-,6-;;/m1../s1. The fourth-order valence-corrected chi connectivity index (χ4v) is 1.83. The summed E-state index contributed by atoms with van der Waals surface area (Å²) >= 11 is 0. The van der Waals surface area contributed by atoms with Crippen molar-refractivity contribution < 1.29 is 0 Å². The Balaban J connectivity index is 0.000000405. The zero-order chi connectivity index (χ0) is 5.56. The lowest BCUT2D eigenvalue weighted by molar-refractivity contribution is 0.346. The maximum atomic E-state index is 5.78. The van der Waals surface area contributed by atoms with Crippen LogP contribution in [0.2, 0.25) is 0 Å². The number of nitrogens with zero attached hydrogens (tertiary/aromatic N) is 1. The van der Waals surface area contributed by atoms with Crippen LogP contribution in [0.4, 0.5) is 0 Å². The molecule has 2 aliphatic rings. The van der Waals surface area contributed by atoms with E-state index in [1.54, 1.807) is 0 Å². The highest BCUT2D eigenvalue weighted by molar-refractivity contribution is 5.85. The third-order valence-electron chi connectivity index (χ3n) is 2.38. The highest BCUT2D eigenvalue weighted by atomic mass is 35.5. The summed E-state index contributed by atoms with van der Waals surface area (Å²) in [4.78, 5) is 2.45. The summed E-state index contributed by atoms with van der Waals surface area (Å²) in [5.74, 6) is 0.843. The molecule has 2 heterocycles. The number of hydrogen-bond acceptors (Lipinski definition) is 2. The first-order valence-electron chi connectivity index (χ1n) is 3.34. The summed E-state index contributed by atoms with van der Waals surface area (Å²) in [5, 5.41) is 0. The van der Waals surface area contributed by atoms with Gasteiger partial charge in [0.1, 0.15) is 0 Å². The lowest BCUT2D eigenvalue weighted by Crippen LogP contribution is -2.34. The molecule has 2 rings (SSSR count). The van der Waals surface area contributed by atoms with Gasteiger partial charge in [0.05, 0.1) is 0 Å². The Kier molecular flexibility index (Phi) is 3.95. The van der Waals surface area contributed by atoms with E-state index >= 15 is 0 Å². The van der Waals surface area contributed by atoms with E-state index in [0.29, 0.717) is 6.04 Å². The second-order valence-corrected chi connectivity index (χ2v) is 2.97. The van der Waals surface area contributed by atoms with E-state index in [0.717, 1.165) is 12.5 Å². The van der Waals surface area contributed by atoms with Gasteiger partial charge < -0.3 is 10.6 Å². The van der Waals surface area contributed by atoms with Gasteiger partial charge in [-0.15, -0.1) is 24.8 Å². The van der Waals surface area contributed by atoms with Crippen LogP contribution < -0.4 is 5.73 Å². The number of fused-ring (bicyclic) bond motifs is 2. The van der Waals surface area contributed by atoms with E-state index in [4.69, 9.17) is 5.73 Å². The highest BCUT2D eigenvalue weighted by Gasteiger charge is 2.35. The number of rotatable bonds is 0. The quantitative estimate of drug-likeness (QED) is 0.595. The van der Waals surface area contributed by atoms with E-state index in [2.05, 4.69) is 4.90 Å². The SMILES string of the molecule is Cl.Cl.N[C@@H]1CN2CC[C@@H]1C2. The summed E-state index contributed by atoms with van der Waals surface area (Å²) < 4.78 is 0. The Hall–Kier alpha value is 0.500. The molecule has 2 fully saturated rings. The van der Waals surface area contributed by atoms with E-state index < -0.39 is 0 Å². The molecule has 0 amide bonds. The molecule has 2 bridgehead atoms. The first kappa shape index (κ1) is 10.5. The summed E-state index contributed by atoms with van der Waals surface area (Å²) in [6, 6.07) is 0.503. The molecule has 0 aromatic carbocycles. The highest BCUT2D eigenvalue weighted by Crippen LogP contribution is 2.25. The zero-order valence-electron chi connectivity index (χ0n) is 5.82. The van der Waals surface area contributed by atoms with Gasteiger partial charge in [-0.2, -0.15) is 0 Å². The van der Waals surface area contributed by atoms with Gasteiger partial charge in [0.2, 0.25) is 0 Å². The van der Waals surface area contributed by atoms with Crippen molar-refractivity contribution in [3.63, 3.8) is 0 Å². The first-order chi connectivity index (χ1) is 3.86. The van der Waals surface area contributed by atoms with Crippen molar-refractivity contribution in [2.45, 2.75) is 12.5 Å². The van der Waals surface area contributed by atoms with Gasteiger partial charge in [0.25, 0.3) is 0 Å². The third-order valence-corrected chi connectivity index (χ3v) is 2.38. The minimum atomic E-state index is 0. The fraction of sp³-hybridized carbons (Fsp3) is 1.00. The Bertz CT molecular complexity index is 108. The number of nitrogens with two attached hydrogens (primary N) is 1. The van der Waals surface area contributed by atoms with Crippen molar-refractivity contribution in [2.24, 2.45) is 11.7 Å². The van der Waals surface area contributed by atoms with Crippen LogP contribution in [-0.2, 0) is 0 Å². The van der Waals surface area contributed by atoms with Crippen molar-refractivity contribution >= 4 is 24.8 Å². The Morgan fingerprint density at radius 2 is 1.90 bits per heavy atom. The van der Waals surface area contributed by atoms with Crippen LogP contribution in [-0.4, -0.2) is 30.6 Å². The number of piperidine rings is 1. The largest absolute Gasteiger partial charge is 0.326 e. The Morgan fingerprint density at radius 1 is 1.20 bits per heavy atom. The maximum Gasteiger partial charge on any atom is 0.0209 e.